The Morgan fingerprint density at radius 3 is 2.65 bits per heavy atom. The molecule has 1 fully saturated rings. The van der Waals surface area contributed by atoms with Crippen LogP contribution in [0.15, 0.2) is 53.0 Å². The first-order valence-corrected chi connectivity index (χ1v) is 9.36. The lowest BCUT2D eigenvalue weighted by molar-refractivity contribution is -0.126. The van der Waals surface area contributed by atoms with Gasteiger partial charge in [0.1, 0.15) is 0 Å². The number of carbonyl (C=O) groups excluding carboxylic acids is 3. The Kier molecular flexibility index (Phi) is 5.63. The molecule has 0 saturated carbocycles. The Morgan fingerprint density at radius 1 is 1.23 bits per heavy atom. The zero-order valence-electron chi connectivity index (χ0n) is 13.8. The molecule has 1 saturated heterocycles. The SMILES string of the molecule is COC(=O)c1cccc(CN2C(=O)S[C@@H](Nc3ccc(Br)cc3)C2=O)c1. The molecule has 26 heavy (non-hydrogen) atoms. The number of amides is 2. The van der Waals surface area contributed by atoms with Gasteiger partial charge in [-0.15, -0.1) is 0 Å². The van der Waals surface area contributed by atoms with Gasteiger partial charge in [0.05, 0.1) is 19.2 Å². The minimum atomic E-state index is -0.674. The minimum absolute atomic E-state index is 0.105. The number of benzene rings is 2. The number of hydrogen-bond donors (Lipinski definition) is 1. The molecule has 6 nitrogen and oxygen atoms in total. The van der Waals surface area contributed by atoms with Crippen molar-refractivity contribution in [2.24, 2.45) is 0 Å². The van der Waals surface area contributed by atoms with Crippen molar-refractivity contribution in [1.29, 1.82) is 0 Å². The fourth-order valence-electron chi connectivity index (χ4n) is 2.47. The van der Waals surface area contributed by atoms with Crippen molar-refractivity contribution in [1.82, 2.24) is 4.90 Å². The van der Waals surface area contributed by atoms with Crippen molar-refractivity contribution in [2.45, 2.75) is 11.9 Å². The zero-order valence-corrected chi connectivity index (χ0v) is 16.2. The maximum absolute atomic E-state index is 12.6. The fourth-order valence-corrected chi connectivity index (χ4v) is 3.65. The number of thioether (sulfide) groups is 1. The van der Waals surface area contributed by atoms with E-state index in [1.165, 1.54) is 12.0 Å². The number of rotatable bonds is 5. The van der Waals surface area contributed by atoms with E-state index in [-0.39, 0.29) is 17.7 Å². The first-order valence-electron chi connectivity index (χ1n) is 7.69. The molecule has 0 spiro atoms. The van der Waals surface area contributed by atoms with Crippen molar-refractivity contribution < 1.29 is 19.1 Å². The zero-order chi connectivity index (χ0) is 18.7. The molecule has 1 atom stereocenters. The van der Waals surface area contributed by atoms with Crippen LogP contribution in [0.5, 0.6) is 0 Å². The van der Waals surface area contributed by atoms with Gasteiger partial charge in [0.15, 0.2) is 5.37 Å². The summed E-state index contributed by atoms with van der Waals surface area (Å²) in [4.78, 5) is 37.6. The van der Waals surface area contributed by atoms with Crippen molar-refractivity contribution >= 4 is 50.5 Å². The highest BCUT2D eigenvalue weighted by Gasteiger charge is 2.39. The van der Waals surface area contributed by atoms with E-state index in [9.17, 15) is 14.4 Å². The van der Waals surface area contributed by atoms with E-state index >= 15 is 0 Å². The molecule has 0 radical (unpaired) electrons. The molecular formula is C18H15BrN2O4S. The Labute approximate surface area is 163 Å². The van der Waals surface area contributed by atoms with Crippen LogP contribution >= 0.6 is 27.7 Å². The minimum Gasteiger partial charge on any atom is -0.465 e. The number of carbonyl (C=O) groups is 3. The Hall–Kier alpha value is -2.32. The third kappa shape index (κ3) is 4.08. The normalized spacial score (nSPS) is 16.7. The number of nitrogens with zero attached hydrogens (tertiary/aromatic N) is 1. The van der Waals surface area contributed by atoms with Crippen molar-refractivity contribution in [3.63, 3.8) is 0 Å². The average Bonchev–Trinajstić information content (AvgIpc) is 2.90. The summed E-state index contributed by atoms with van der Waals surface area (Å²) in [6, 6.07) is 14.0. The summed E-state index contributed by atoms with van der Waals surface area (Å²) in [5, 5.41) is 2.06. The summed E-state index contributed by atoms with van der Waals surface area (Å²) in [5.41, 5.74) is 1.81. The molecule has 3 rings (SSSR count). The second-order valence-electron chi connectivity index (χ2n) is 5.53. The molecule has 1 heterocycles. The molecular weight excluding hydrogens is 420 g/mol. The second kappa shape index (κ2) is 7.92. The van der Waals surface area contributed by atoms with Gasteiger partial charge < -0.3 is 10.1 Å². The van der Waals surface area contributed by atoms with Crippen molar-refractivity contribution in [3.8, 4) is 0 Å². The molecule has 2 aromatic rings. The maximum Gasteiger partial charge on any atom is 0.337 e. The molecule has 0 bridgehead atoms. The summed E-state index contributed by atoms with van der Waals surface area (Å²) in [5.74, 6) is -0.776. The fraction of sp³-hybridized carbons (Fsp3) is 0.167. The van der Waals surface area contributed by atoms with Crippen LogP contribution < -0.4 is 5.32 Å². The summed E-state index contributed by atoms with van der Waals surface area (Å²) < 4.78 is 5.62. The first kappa shape index (κ1) is 18.5. The van der Waals surface area contributed by atoms with Gasteiger partial charge in [-0.05, 0) is 53.7 Å². The van der Waals surface area contributed by atoms with Gasteiger partial charge in [-0.3, -0.25) is 14.5 Å². The standard InChI is InChI=1S/C18H15BrN2O4S/c1-25-17(23)12-4-2-3-11(9-12)10-21-16(22)15(26-18(21)24)20-14-7-5-13(19)6-8-14/h2-9,15,20H,10H2,1H3/t15-/m1/s1. The molecule has 1 aliphatic heterocycles. The number of methoxy groups -OCH3 is 1. The van der Waals surface area contributed by atoms with Crippen LogP contribution in [0.2, 0.25) is 0 Å². The van der Waals surface area contributed by atoms with Gasteiger partial charge >= 0.3 is 5.97 Å². The third-order valence-electron chi connectivity index (χ3n) is 3.76. The Balaban J connectivity index is 1.71. The van der Waals surface area contributed by atoms with Crippen LogP contribution in [-0.2, 0) is 16.1 Å². The van der Waals surface area contributed by atoms with E-state index < -0.39 is 11.3 Å². The quantitative estimate of drug-likeness (QED) is 0.719. The summed E-state index contributed by atoms with van der Waals surface area (Å²) in [7, 11) is 1.30. The number of nitrogens with one attached hydrogen (secondary N) is 1. The smallest absolute Gasteiger partial charge is 0.337 e. The third-order valence-corrected chi connectivity index (χ3v) is 5.27. The van der Waals surface area contributed by atoms with Crippen LogP contribution in [0.25, 0.3) is 0 Å². The Morgan fingerprint density at radius 2 is 1.96 bits per heavy atom. The summed E-state index contributed by atoms with van der Waals surface area (Å²) >= 11 is 4.29. The van der Waals surface area contributed by atoms with Crippen LogP contribution in [-0.4, -0.2) is 34.5 Å². The monoisotopic (exact) mass is 434 g/mol. The van der Waals surface area contributed by atoms with E-state index in [1.807, 2.05) is 24.3 Å². The summed E-state index contributed by atoms with van der Waals surface area (Å²) in [6.45, 7) is 0.105. The average molecular weight is 435 g/mol. The maximum atomic E-state index is 12.6. The highest BCUT2D eigenvalue weighted by molar-refractivity contribution is 9.10. The second-order valence-corrected chi connectivity index (χ2v) is 7.50. The summed E-state index contributed by atoms with van der Waals surface area (Å²) in [6.07, 6.45) is 0. The predicted molar refractivity (Wildman–Crippen MR) is 103 cm³/mol. The van der Waals surface area contributed by atoms with Gasteiger partial charge in [-0.1, -0.05) is 28.1 Å². The molecule has 1 N–H and O–H groups in total. The number of halogens is 1. The molecule has 1 aliphatic rings. The van der Waals surface area contributed by atoms with E-state index in [0.29, 0.717) is 11.1 Å². The van der Waals surface area contributed by atoms with Gasteiger partial charge in [-0.25, -0.2) is 4.79 Å². The molecule has 8 heteroatoms. The predicted octanol–water partition coefficient (Wildman–Crippen LogP) is 3.87. The van der Waals surface area contributed by atoms with Crippen molar-refractivity contribution in [2.75, 3.05) is 12.4 Å². The van der Waals surface area contributed by atoms with Gasteiger partial charge in [0.25, 0.3) is 11.1 Å². The number of ether oxygens (including phenoxy) is 1. The number of hydrogen-bond acceptors (Lipinski definition) is 6. The number of esters is 1. The molecule has 0 unspecified atom stereocenters. The van der Waals surface area contributed by atoms with Gasteiger partial charge in [-0.2, -0.15) is 0 Å². The molecule has 0 aliphatic carbocycles. The lowest BCUT2D eigenvalue weighted by Gasteiger charge is -2.15. The van der Waals surface area contributed by atoms with E-state index in [1.54, 1.807) is 24.3 Å². The largest absolute Gasteiger partial charge is 0.465 e. The highest BCUT2D eigenvalue weighted by atomic mass is 79.9. The van der Waals surface area contributed by atoms with Gasteiger partial charge in [0.2, 0.25) is 0 Å². The first-order chi connectivity index (χ1) is 12.5. The van der Waals surface area contributed by atoms with Crippen LogP contribution in [0.4, 0.5) is 10.5 Å². The van der Waals surface area contributed by atoms with Crippen molar-refractivity contribution in [3.05, 3.63) is 64.1 Å². The highest BCUT2D eigenvalue weighted by Crippen LogP contribution is 2.30. The van der Waals surface area contributed by atoms with Crippen LogP contribution in [0, 0.1) is 0 Å². The van der Waals surface area contributed by atoms with Crippen LogP contribution in [0.1, 0.15) is 15.9 Å². The molecule has 2 aromatic carbocycles. The molecule has 2 amide bonds. The van der Waals surface area contributed by atoms with E-state index in [0.717, 1.165) is 21.9 Å². The van der Waals surface area contributed by atoms with Crippen LogP contribution in [0.3, 0.4) is 0 Å². The number of anilines is 1. The lowest BCUT2D eigenvalue weighted by Crippen LogP contribution is -2.34. The Bertz CT molecular complexity index is 857. The lowest BCUT2D eigenvalue weighted by atomic mass is 10.1. The topological polar surface area (TPSA) is 75.7 Å². The number of imide groups is 1. The molecule has 0 aromatic heterocycles. The van der Waals surface area contributed by atoms with Gasteiger partial charge in [0, 0.05) is 10.2 Å². The molecule has 134 valence electrons. The van der Waals surface area contributed by atoms with E-state index in [4.69, 9.17) is 4.74 Å². The van der Waals surface area contributed by atoms with E-state index in [2.05, 4.69) is 21.2 Å².